The molecule has 0 bridgehead atoms. The first-order chi connectivity index (χ1) is 8.90. The second-order valence-corrected chi connectivity index (χ2v) is 4.89. The molecule has 0 atom stereocenters. The molecular formula is C14H19N3O. The maximum atomic E-state index is 9.06. The minimum Gasteiger partial charge on any atom is -0.396 e. The number of pyridine rings is 1. The van der Waals surface area contributed by atoms with Crippen molar-refractivity contribution in [1.82, 2.24) is 9.38 Å². The number of hydrogen-bond donors (Lipinski definition) is 1. The van der Waals surface area contributed by atoms with Crippen molar-refractivity contribution >= 4 is 11.5 Å². The van der Waals surface area contributed by atoms with Crippen LogP contribution in [0, 0.1) is 0 Å². The molecule has 0 aliphatic heterocycles. The van der Waals surface area contributed by atoms with Gasteiger partial charge in [0.15, 0.2) is 0 Å². The second kappa shape index (κ2) is 4.98. The Balaban J connectivity index is 1.94. The van der Waals surface area contributed by atoms with E-state index >= 15 is 0 Å². The van der Waals surface area contributed by atoms with Gasteiger partial charge in [-0.15, -0.1) is 0 Å². The zero-order chi connectivity index (χ0) is 12.4. The van der Waals surface area contributed by atoms with Crippen molar-refractivity contribution in [3.63, 3.8) is 0 Å². The number of imidazole rings is 1. The van der Waals surface area contributed by atoms with Crippen LogP contribution in [0.3, 0.4) is 0 Å². The van der Waals surface area contributed by atoms with Crippen molar-refractivity contribution in [1.29, 1.82) is 0 Å². The molecule has 0 radical (unpaired) electrons. The van der Waals surface area contributed by atoms with E-state index in [0.717, 1.165) is 18.6 Å². The zero-order valence-electron chi connectivity index (χ0n) is 10.5. The van der Waals surface area contributed by atoms with Gasteiger partial charge in [-0.05, 0) is 37.8 Å². The van der Waals surface area contributed by atoms with E-state index in [2.05, 4.69) is 26.4 Å². The number of fused-ring (bicyclic) bond motifs is 1. The van der Waals surface area contributed by atoms with E-state index in [9.17, 15) is 0 Å². The smallest absolute Gasteiger partial charge is 0.138 e. The van der Waals surface area contributed by atoms with Crippen LogP contribution in [0.4, 0.5) is 5.82 Å². The normalized spacial score (nSPS) is 15.8. The molecule has 1 aliphatic rings. The van der Waals surface area contributed by atoms with Gasteiger partial charge in [-0.25, -0.2) is 4.98 Å². The van der Waals surface area contributed by atoms with Crippen LogP contribution in [-0.4, -0.2) is 33.7 Å². The quantitative estimate of drug-likeness (QED) is 0.876. The van der Waals surface area contributed by atoms with E-state index in [-0.39, 0.29) is 6.61 Å². The van der Waals surface area contributed by atoms with Gasteiger partial charge in [-0.3, -0.25) is 4.40 Å². The molecule has 0 unspecified atom stereocenters. The van der Waals surface area contributed by atoms with Gasteiger partial charge in [-0.1, -0.05) is 6.07 Å². The number of anilines is 1. The largest absolute Gasteiger partial charge is 0.396 e. The van der Waals surface area contributed by atoms with Crippen LogP contribution < -0.4 is 4.90 Å². The minimum absolute atomic E-state index is 0.253. The number of nitrogens with zero attached hydrogens (tertiary/aromatic N) is 3. The molecule has 0 saturated heterocycles. The van der Waals surface area contributed by atoms with Gasteiger partial charge in [0.05, 0.1) is 0 Å². The SMILES string of the molecule is OCCCN(c1cccc2nccn12)C1CCC1. The van der Waals surface area contributed by atoms with E-state index in [1.54, 1.807) is 0 Å². The second-order valence-electron chi connectivity index (χ2n) is 4.89. The average molecular weight is 245 g/mol. The van der Waals surface area contributed by atoms with E-state index in [1.807, 2.05) is 18.5 Å². The summed E-state index contributed by atoms with van der Waals surface area (Å²) in [5.41, 5.74) is 0.987. The average Bonchev–Trinajstić information content (AvgIpc) is 2.80. The summed E-state index contributed by atoms with van der Waals surface area (Å²) < 4.78 is 2.13. The molecule has 1 saturated carbocycles. The molecule has 1 fully saturated rings. The molecule has 4 nitrogen and oxygen atoms in total. The van der Waals surface area contributed by atoms with Crippen molar-refractivity contribution in [3.05, 3.63) is 30.6 Å². The third-order valence-electron chi connectivity index (χ3n) is 3.77. The molecule has 2 aromatic heterocycles. The van der Waals surface area contributed by atoms with Gasteiger partial charge >= 0.3 is 0 Å². The van der Waals surface area contributed by atoms with Gasteiger partial charge in [0, 0.05) is 31.6 Å². The predicted octanol–water partition coefficient (Wildman–Crippen LogP) is 2.08. The number of aliphatic hydroxyl groups is 1. The number of aromatic nitrogens is 2. The first kappa shape index (κ1) is 11.5. The summed E-state index contributed by atoms with van der Waals surface area (Å²) in [6, 6.07) is 6.85. The standard InChI is InChI=1S/C14H19N3O/c18-11-3-9-16(12-4-1-5-12)14-7-2-6-13-15-8-10-17(13)14/h2,6-8,10,12,18H,1,3-5,9,11H2. The van der Waals surface area contributed by atoms with Gasteiger partial charge in [0.1, 0.15) is 11.5 Å². The number of aliphatic hydroxyl groups excluding tert-OH is 1. The summed E-state index contributed by atoms with van der Waals surface area (Å²) in [5, 5.41) is 9.06. The highest BCUT2D eigenvalue weighted by Crippen LogP contribution is 2.29. The molecule has 1 N–H and O–H groups in total. The third kappa shape index (κ3) is 1.97. The van der Waals surface area contributed by atoms with Crippen LogP contribution in [0.15, 0.2) is 30.6 Å². The third-order valence-corrected chi connectivity index (χ3v) is 3.77. The van der Waals surface area contributed by atoms with Gasteiger partial charge in [-0.2, -0.15) is 0 Å². The zero-order valence-corrected chi connectivity index (χ0v) is 10.5. The lowest BCUT2D eigenvalue weighted by Crippen LogP contribution is -2.42. The Hall–Kier alpha value is -1.55. The van der Waals surface area contributed by atoms with Crippen LogP contribution in [0.5, 0.6) is 0 Å². The summed E-state index contributed by atoms with van der Waals surface area (Å²) in [6.07, 6.45) is 8.51. The highest BCUT2D eigenvalue weighted by molar-refractivity contribution is 5.52. The van der Waals surface area contributed by atoms with E-state index in [0.29, 0.717) is 6.04 Å². The number of hydrogen-bond acceptors (Lipinski definition) is 3. The maximum Gasteiger partial charge on any atom is 0.138 e. The van der Waals surface area contributed by atoms with Crippen molar-refractivity contribution in [2.45, 2.75) is 31.7 Å². The molecule has 18 heavy (non-hydrogen) atoms. The fourth-order valence-corrected chi connectivity index (χ4v) is 2.59. The molecule has 1 aliphatic carbocycles. The van der Waals surface area contributed by atoms with Gasteiger partial charge in [0.2, 0.25) is 0 Å². The first-order valence-corrected chi connectivity index (χ1v) is 6.70. The minimum atomic E-state index is 0.253. The Kier molecular flexibility index (Phi) is 3.19. The first-order valence-electron chi connectivity index (χ1n) is 6.70. The summed E-state index contributed by atoms with van der Waals surface area (Å²) in [5.74, 6) is 1.20. The summed E-state index contributed by atoms with van der Waals surface area (Å²) in [6.45, 7) is 1.17. The predicted molar refractivity (Wildman–Crippen MR) is 71.9 cm³/mol. The van der Waals surface area contributed by atoms with E-state index in [1.165, 1.54) is 25.1 Å². The van der Waals surface area contributed by atoms with Crippen molar-refractivity contribution in [3.8, 4) is 0 Å². The van der Waals surface area contributed by atoms with Crippen molar-refractivity contribution < 1.29 is 5.11 Å². The number of rotatable bonds is 5. The molecule has 4 heteroatoms. The topological polar surface area (TPSA) is 40.8 Å². The molecular weight excluding hydrogens is 226 g/mol. The highest BCUT2D eigenvalue weighted by Gasteiger charge is 2.26. The molecule has 96 valence electrons. The molecule has 0 spiro atoms. The monoisotopic (exact) mass is 245 g/mol. The fourth-order valence-electron chi connectivity index (χ4n) is 2.59. The van der Waals surface area contributed by atoms with Crippen LogP contribution in [0.1, 0.15) is 25.7 Å². The van der Waals surface area contributed by atoms with Crippen LogP contribution in [-0.2, 0) is 0 Å². The Labute approximate surface area is 107 Å². The van der Waals surface area contributed by atoms with Gasteiger partial charge < -0.3 is 10.0 Å². The fraction of sp³-hybridized carbons (Fsp3) is 0.500. The molecule has 3 rings (SSSR count). The van der Waals surface area contributed by atoms with Gasteiger partial charge in [0.25, 0.3) is 0 Å². The van der Waals surface area contributed by atoms with Crippen molar-refractivity contribution in [2.75, 3.05) is 18.1 Å². The lowest BCUT2D eigenvalue weighted by atomic mass is 9.91. The van der Waals surface area contributed by atoms with Crippen molar-refractivity contribution in [2.24, 2.45) is 0 Å². The lowest BCUT2D eigenvalue weighted by molar-refractivity contribution is 0.282. The van der Waals surface area contributed by atoms with Crippen LogP contribution in [0.2, 0.25) is 0 Å². The lowest BCUT2D eigenvalue weighted by Gasteiger charge is -2.39. The molecule has 2 heterocycles. The Morgan fingerprint density at radius 3 is 3.00 bits per heavy atom. The summed E-state index contributed by atoms with van der Waals surface area (Å²) in [7, 11) is 0. The van der Waals surface area contributed by atoms with Crippen LogP contribution >= 0.6 is 0 Å². The molecule has 2 aromatic rings. The maximum absolute atomic E-state index is 9.06. The summed E-state index contributed by atoms with van der Waals surface area (Å²) >= 11 is 0. The molecule has 0 aromatic carbocycles. The molecule has 0 amide bonds. The Morgan fingerprint density at radius 1 is 1.39 bits per heavy atom. The Bertz CT molecular complexity index is 518. The van der Waals surface area contributed by atoms with E-state index in [4.69, 9.17) is 5.11 Å². The highest BCUT2D eigenvalue weighted by atomic mass is 16.3. The summed E-state index contributed by atoms with van der Waals surface area (Å²) in [4.78, 5) is 6.76. The van der Waals surface area contributed by atoms with Crippen LogP contribution in [0.25, 0.3) is 5.65 Å². The Morgan fingerprint density at radius 2 is 2.28 bits per heavy atom. The van der Waals surface area contributed by atoms with E-state index < -0.39 is 0 Å².